The van der Waals surface area contributed by atoms with Gasteiger partial charge in [0.05, 0.1) is 28.0 Å². The lowest BCUT2D eigenvalue weighted by molar-refractivity contribution is 0.147. The highest BCUT2D eigenvalue weighted by atomic mass is 79.9. The minimum absolute atomic E-state index is 0.0526. The van der Waals surface area contributed by atoms with Crippen molar-refractivity contribution in [2.75, 3.05) is 4.90 Å². The molecular weight excluding hydrogens is 419 g/mol. The van der Waals surface area contributed by atoms with Gasteiger partial charge < -0.3 is 5.11 Å². The van der Waals surface area contributed by atoms with Gasteiger partial charge in [-0.05, 0) is 36.8 Å². The second kappa shape index (κ2) is 6.27. The minimum Gasteiger partial charge on any atom is -0.465 e. The molecule has 24 heavy (non-hydrogen) atoms. The predicted molar refractivity (Wildman–Crippen MR) is 96.4 cm³/mol. The summed E-state index contributed by atoms with van der Waals surface area (Å²) in [6, 6.07) is 7.80. The number of anilines is 2. The Labute approximate surface area is 156 Å². The molecule has 1 N–H and O–H groups in total. The third-order valence-corrected chi connectivity index (χ3v) is 5.01. The van der Waals surface area contributed by atoms with E-state index < -0.39 is 12.1 Å². The SMILES string of the molecule is Cc1cc(Br)c2c(c1)N(c1c(Cl)cccc1Cl)C(=O)N(C(=O)O)C2. The third kappa shape index (κ3) is 2.75. The molecule has 0 saturated heterocycles. The van der Waals surface area contributed by atoms with Gasteiger partial charge in [-0.2, -0.15) is 0 Å². The Morgan fingerprint density at radius 1 is 1.25 bits per heavy atom. The first kappa shape index (κ1) is 17.1. The van der Waals surface area contributed by atoms with E-state index in [-0.39, 0.29) is 22.3 Å². The molecule has 3 amide bonds. The standard InChI is InChI=1S/C16H11BrCl2N2O3/c1-8-5-10(17)9-7-20(16(23)24)15(22)21(13(9)6-8)14-11(18)3-2-4-12(14)19/h2-6H,7H2,1H3,(H,23,24). The van der Waals surface area contributed by atoms with Crippen molar-refractivity contribution in [2.24, 2.45) is 0 Å². The molecule has 1 heterocycles. The molecular formula is C16H11BrCl2N2O3. The highest BCUT2D eigenvalue weighted by Crippen LogP contribution is 2.44. The largest absolute Gasteiger partial charge is 0.465 e. The highest BCUT2D eigenvalue weighted by Gasteiger charge is 2.38. The van der Waals surface area contributed by atoms with Crippen molar-refractivity contribution >= 4 is 62.6 Å². The Bertz CT molecular complexity index is 852. The molecule has 3 rings (SSSR count). The summed E-state index contributed by atoms with van der Waals surface area (Å²) in [4.78, 5) is 26.3. The predicted octanol–water partition coefficient (Wildman–Crippen LogP) is 5.82. The van der Waals surface area contributed by atoms with Crippen LogP contribution in [0.3, 0.4) is 0 Å². The van der Waals surface area contributed by atoms with Gasteiger partial charge in [0.2, 0.25) is 0 Å². The average Bonchev–Trinajstić information content (AvgIpc) is 2.48. The first-order valence-corrected chi connectivity index (χ1v) is 8.43. The number of imide groups is 1. The van der Waals surface area contributed by atoms with Crippen LogP contribution in [0.4, 0.5) is 21.0 Å². The maximum Gasteiger partial charge on any atom is 0.415 e. The number of hydrogen-bond acceptors (Lipinski definition) is 2. The number of nitrogens with zero attached hydrogens (tertiary/aromatic N) is 2. The van der Waals surface area contributed by atoms with Gasteiger partial charge in [-0.1, -0.05) is 45.2 Å². The fourth-order valence-electron chi connectivity index (χ4n) is 2.63. The molecule has 0 spiro atoms. The molecule has 0 atom stereocenters. The molecule has 0 fully saturated rings. The smallest absolute Gasteiger partial charge is 0.415 e. The number of para-hydroxylation sites is 1. The van der Waals surface area contributed by atoms with E-state index in [9.17, 15) is 14.7 Å². The number of aryl methyl sites for hydroxylation is 1. The van der Waals surface area contributed by atoms with Gasteiger partial charge in [0.15, 0.2) is 0 Å². The van der Waals surface area contributed by atoms with Crippen molar-refractivity contribution in [2.45, 2.75) is 13.5 Å². The lowest BCUT2D eigenvalue weighted by Crippen LogP contribution is -2.47. The molecule has 5 nitrogen and oxygen atoms in total. The van der Waals surface area contributed by atoms with Crippen LogP contribution in [0.25, 0.3) is 0 Å². The fourth-order valence-corrected chi connectivity index (χ4v) is 3.88. The van der Waals surface area contributed by atoms with Crippen molar-refractivity contribution in [3.05, 3.63) is 56.0 Å². The molecule has 1 aliphatic heterocycles. The first-order valence-electron chi connectivity index (χ1n) is 6.89. The maximum atomic E-state index is 12.8. The summed E-state index contributed by atoms with van der Waals surface area (Å²) < 4.78 is 0.712. The Morgan fingerprint density at radius 2 is 1.88 bits per heavy atom. The number of hydrogen-bond donors (Lipinski definition) is 1. The van der Waals surface area contributed by atoms with E-state index >= 15 is 0 Å². The number of carbonyl (C=O) groups is 2. The summed E-state index contributed by atoms with van der Waals surface area (Å²) in [5.74, 6) is 0. The van der Waals surface area contributed by atoms with Crippen molar-refractivity contribution in [1.82, 2.24) is 4.90 Å². The number of halogens is 3. The topological polar surface area (TPSA) is 60.9 Å². The molecule has 0 unspecified atom stereocenters. The van der Waals surface area contributed by atoms with Crippen molar-refractivity contribution in [3.8, 4) is 0 Å². The molecule has 0 saturated carbocycles. The average molecular weight is 430 g/mol. The quantitative estimate of drug-likeness (QED) is 0.621. The summed E-state index contributed by atoms with van der Waals surface area (Å²) in [7, 11) is 0. The molecule has 2 aromatic rings. The Balaban J connectivity index is 2.31. The van der Waals surface area contributed by atoms with Crippen LogP contribution >= 0.6 is 39.1 Å². The van der Waals surface area contributed by atoms with Gasteiger partial charge in [-0.3, -0.25) is 4.90 Å². The highest BCUT2D eigenvalue weighted by molar-refractivity contribution is 9.10. The number of fused-ring (bicyclic) bond motifs is 1. The molecule has 1 aliphatic rings. The normalized spacial score (nSPS) is 13.9. The number of carbonyl (C=O) groups excluding carboxylic acids is 1. The molecule has 2 aromatic carbocycles. The van der Waals surface area contributed by atoms with Crippen LogP contribution in [0.5, 0.6) is 0 Å². The van der Waals surface area contributed by atoms with Gasteiger partial charge in [-0.25, -0.2) is 14.5 Å². The van der Waals surface area contributed by atoms with E-state index in [4.69, 9.17) is 23.2 Å². The molecule has 8 heteroatoms. The van der Waals surface area contributed by atoms with Crippen molar-refractivity contribution < 1.29 is 14.7 Å². The van der Waals surface area contributed by atoms with Crippen LogP contribution in [0.2, 0.25) is 10.0 Å². The lowest BCUT2D eigenvalue weighted by Gasteiger charge is -2.36. The number of rotatable bonds is 1. The van der Waals surface area contributed by atoms with Crippen LogP contribution < -0.4 is 4.90 Å². The van der Waals surface area contributed by atoms with Gasteiger partial charge in [0, 0.05) is 10.0 Å². The summed E-state index contributed by atoms with van der Waals surface area (Å²) in [6.45, 7) is 1.83. The van der Waals surface area contributed by atoms with Crippen molar-refractivity contribution in [3.63, 3.8) is 0 Å². The van der Waals surface area contributed by atoms with E-state index in [1.807, 2.05) is 13.0 Å². The molecule has 124 valence electrons. The van der Waals surface area contributed by atoms with Gasteiger partial charge in [-0.15, -0.1) is 0 Å². The van der Waals surface area contributed by atoms with Crippen LogP contribution in [-0.4, -0.2) is 22.1 Å². The Hall–Kier alpha value is -1.76. The lowest BCUT2D eigenvalue weighted by atomic mass is 10.0. The fraction of sp³-hybridized carbons (Fsp3) is 0.125. The zero-order valence-corrected chi connectivity index (χ0v) is 15.5. The number of benzene rings is 2. The van der Waals surface area contributed by atoms with E-state index in [1.165, 1.54) is 4.90 Å². The summed E-state index contributed by atoms with van der Waals surface area (Å²) in [5.41, 5.74) is 2.39. The van der Waals surface area contributed by atoms with E-state index in [2.05, 4.69) is 15.9 Å². The summed E-state index contributed by atoms with van der Waals surface area (Å²) >= 11 is 15.9. The van der Waals surface area contributed by atoms with Gasteiger partial charge in [0.25, 0.3) is 0 Å². The second-order valence-electron chi connectivity index (χ2n) is 5.30. The van der Waals surface area contributed by atoms with E-state index in [0.29, 0.717) is 15.7 Å². The van der Waals surface area contributed by atoms with Gasteiger partial charge >= 0.3 is 12.1 Å². The van der Waals surface area contributed by atoms with Gasteiger partial charge in [0.1, 0.15) is 0 Å². The van der Waals surface area contributed by atoms with E-state index in [0.717, 1.165) is 10.5 Å². The first-order chi connectivity index (χ1) is 11.3. The zero-order valence-electron chi connectivity index (χ0n) is 12.4. The molecule has 0 radical (unpaired) electrons. The maximum absolute atomic E-state index is 12.8. The third-order valence-electron chi connectivity index (χ3n) is 3.69. The minimum atomic E-state index is -1.34. The zero-order chi connectivity index (χ0) is 17.6. The van der Waals surface area contributed by atoms with Crippen LogP contribution in [-0.2, 0) is 6.54 Å². The Kier molecular flexibility index (Phi) is 4.46. The molecule has 0 aromatic heterocycles. The summed E-state index contributed by atoms with van der Waals surface area (Å²) in [6.07, 6.45) is -1.34. The monoisotopic (exact) mass is 428 g/mol. The number of urea groups is 1. The van der Waals surface area contributed by atoms with Crippen LogP contribution in [0.15, 0.2) is 34.8 Å². The second-order valence-corrected chi connectivity index (χ2v) is 6.97. The molecule has 0 bridgehead atoms. The van der Waals surface area contributed by atoms with Crippen LogP contribution in [0.1, 0.15) is 11.1 Å². The van der Waals surface area contributed by atoms with Crippen molar-refractivity contribution in [1.29, 1.82) is 0 Å². The van der Waals surface area contributed by atoms with E-state index in [1.54, 1.807) is 24.3 Å². The Morgan fingerprint density at radius 3 is 2.46 bits per heavy atom. The number of amides is 3. The number of carboxylic acid groups (broad SMARTS) is 1. The summed E-state index contributed by atoms with van der Waals surface area (Å²) in [5, 5.41) is 9.89. The van der Waals surface area contributed by atoms with Crippen LogP contribution in [0, 0.1) is 6.92 Å². The molecule has 0 aliphatic carbocycles.